The van der Waals surface area contributed by atoms with Crippen LogP contribution in [-0.4, -0.2) is 31.1 Å². The molecule has 1 aromatic carbocycles. The highest BCUT2D eigenvalue weighted by Crippen LogP contribution is 2.32. The number of benzene rings is 1. The minimum atomic E-state index is -0.627. The molecule has 2 amide bonds. The average Bonchev–Trinajstić information content (AvgIpc) is 2.70. The molecule has 2 N–H and O–H groups in total. The third-order valence-corrected chi connectivity index (χ3v) is 3.44. The molecule has 1 heterocycles. The van der Waals surface area contributed by atoms with Crippen molar-refractivity contribution in [1.29, 1.82) is 0 Å². The van der Waals surface area contributed by atoms with E-state index < -0.39 is 11.5 Å². The van der Waals surface area contributed by atoms with E-state index in [9.17, 15) is 9.59 Å². The Morgan fingerprint density at radius 3 is 2.43 bits per heavy atom. The number of fused-ring (bicyclic) bond motifs is 1. The second kappa shape index (κ2) is 6.89. The smallest absolute Gasteiger partial charge is 0.246 e. The lowest BCUT2D eigenvalue weighted by molar-refractivity contribution is -0.131. The van der Waals surface area contributed by atoms with Crippen LogP contribution in [-0.2, 0) is 9.59 Å². The van der Waals surface area contributed by atoms with Gasteiger partial charge in [0.1, 0.15) is 6.04 Å². The number of nitrogens with one attached hydrogen (secondary N) is 2. The second-order valence-electron chi connectivity index (χ2n) is 6.65. The van der Waals surface area contributed by atoms with E-state index in [4.69, 9.17) is 9.47 Å². The van der Waals surface area contributed by atoms with Gasteiger partial charge in [-0.2, -0.15) is 0 Å². The maximum Gasteiger partial charge on any atom is 0.246 e. The molecule has 6 nitrogen and oxygen atoms in total. The molecule has 0 radical (unpaired) electrons. The summed E-state index contributed by atoms with van der Waals surface area (Å²) in [4.78, 5) is 24.1. The molecule has 0 saturated carbocycles. The monoisotopic (exact) mass is 320 g/mol. The molecular formula is C17H24N2O4. The Labute approximate surface area is 136 Å². The van der Waals surface area contributed by atoms with Gasteiger partial charge in [0.25, 0.3) is 0 Å². The van der Waals surface area contributed by atoms with Gasteiger partial charge in [-0.15, -0.1) is 0 Å². The Hall–Kier alpha value is -2.24. The molecule has 1 atom stereocenters. The van der Waals surface area contributed by atoms with Crippen LogP contribution in [0.3, 0.4) is 0 Å². The van der Waals surface area contributed by atoms with Crippen LogP contribution in [0.1, 0.15) is 34.1 Å². The lowest BCUT2D eigenvalue weighted by Gasteiger charge is -2.21. The van der Waals surface area contributed by atoms with Crippen molar-refractivity contribution in [3.63, 3.8) is 0 Å². The van der Waals surface area contributed by atoms with Gasteiger partial charge >= 0.3 is 0 Å². The van der Waals surface area contributed by atoms with Gasteiger partial charge in [0.05, 0.1) is 13.2 Å². The van der Waals surface area contributed by atoms with Crippen LogP contribution in [0.25, 0.3) is 0 Å². The minimum absolute atomic E-state index is 0.168. The number of hydrogen-bond acceptors (Lipinski definition) is 4. The Bertz CT molecular complexity index is 593. The fourth-order valence-corrected chi connectivity index (χ4v) is 1.97. The van der Waals surface area contributed by atoms with Crippen molar-refractivity contribution in [2.45, 2.75) is 40.2 Å². The topological polar surface area (TPSA) is 76.7 Å². The number of carbonyl (C=O) groups is 2. The Kier molecular flexibility index (Phi) is 5.13. The summed E-state index contributed by atoms with van der Waals surface area (Å²) in [6.07, 6.45) is 0.826. The highest BCUT2D eigenvalue weighted by Gasteiger charge is 2.25. The molecule has 0 aliphatic carbocycles. The zero-order chi connectivity index (χ0) is 17.0. The zero-order valence-corrected chi connectivity index (χ0v) is 14.1. The quantitative estimate of drug-likeness (QED) is 0.896. The SMILES string of the molecule is C[C@@H](NC(=O)C(C)(C)C)C(=O)Nc1ccc2c(c1)OCCCO2. The first-order valence-electron chi connectivity index (χ1n) is 7.79. The molecule has 1 aromatic rings. The summed E-state index contributed by atoms with van der Waals surface area (Å²) in [7, 11) is 0. The van der Waals surface area contributed by atoms with Gasteiger partial charge in [0, 0.05) is 23.6 Å². The molecule has 0 aromatic heterocycles. The summed E-state index contributed by atoms with van der Waals surface area (Å²) in [6, 6.07) is 4.63. The molecule has 1 aliphatic rings. The van der Waals surface area contributed by atoms with Gasteiger partial charge in [-0.05, 0) is 19.1 Å². The molecule has 0 bridgehead atoms. The van der Waals surface area contributed by atoms with Gasteiger partial charge in [0.15, 0.2) is 11.5 Å². The summed E-state index contributed by atoms with van der Waals surface area (Å²) in [6.45, 7) is 8.27. The van der Waals surface area contributed by atoms with Crippen LogP contribution in [0, 0.1) is 5.41 Å². The Balaban J connectivity index is 2.00. The first kappa shape index (κ1) is 17.1. The Morgan fingerprint density at radius 1 is 1.13 bits per heavy atom. The van der Waals surface area contributed by atoms with Gasteiger partial charge in [0.2, 0.25) is 11.8 Å². The normalized spacial score (nSPS) is 15.3. The van der Waals surface area contributed by atoms with Gasteiger partial charge in [-0.3, -0.25) is 9.59 Å². The van der Waals surface area contributed by atoms with Crippen LogP contribution in [0.5, 0.6) is 11.5 Å². The zero-order valence-electron chi connectivity index (χ0n) is 14.1. The van der Waals surface area contributed by atoms with Crippen LogP contribution in [0.15, 0.2) is 18.2 Å². The van der Waals surface area contributed by atoms with Crippen LogP contribution >= 0.6 is 0 Å². The summed E-state index contributed by atoms with van der Waals surface area (Å²) in [5.74, 6) is 0.845. The maximum absolute atomic E-state index is 12.2. The van der Waals surface area contributed by atoms with Gasteiger partial charge in [-0.25, -0.2) is 0 Å². The van der Waals surface area contributed by atoms with E-state index in [0.29, 0.717) is 30.4 Å². The fraction of sp³-hybridized carbons (Fsp3) is 0.529. The van der Waals surface area contributed by atoms with Crippen LogP contribution in [0.2, 0.25) is 0 Å². The fourth-order valence-electron chi connectivity index (χ4n) is 1.97. The predicted octanol–water partition coefficient (Wildman–Crippen LogP) is 2.34. The molecule has 6 heteroatoms. The summed E-state index contributed by atoms with van der Waals surface area (Å²) in [5, 5.41) is 5.49. The van der Waals surface area contributed by atoms with Crippen molar-refractivity contribution in [3.8, 4) is 11.5 Å². The first-order valence-corrected chi connectivity index (χ1v) is 7.79. The van der Waals surface area contributed by atoms with Crippen molar-refractivity contribution in [2.75, 3.05) is 18.5 Å². The highest BCUT2D eigenvalue weighted by atomic mass is 16.5. The first-order chi connectivity index (χ1) is 10.8. The van der Waals surface area contributed by atoms with Crippen molar-refractivity contribution in [3.05, 3.63) is 18.2 Å². The van der Waals surface area contributed by atoms with Crippen LogP contribution < -0.4 is 20.1 Å². The molecule has 0 saturated heterocycles. The second-order valence-corrected chi connectivity index (χ2v) is 6.65. The average molecular weight is 320 g/mol. The number of ether oxygens (including phenoxy) is 2. The van der Waals surface area contributed by atoms with Crippen molar-refractivity contribution in [1.82, 2.24) is 5.32 Å². The highest BCUT2D eigenvalue weighted by molar-refractivity contribution is 5.97. The van der Waals surface area contributed by atoms with Crippen molar-refractivity contribution >= 4 is 17.5 Å². The largest absolute Gasteiger partial charge is 0.490 e. The van der Waals surface area contributed by atoms with E-state index in [1.54, 1.807) is 45.9 Å². The third-order valence-electron chi connectivity index (χ3n) is 3.44. The third kappa shape index (κ3) is 4.61. The summed E-state index contributed by atoms with van der Waals surface area (Å²) >= 11 is 0. The summed E-state index contributed by atoms with van der Waals surface area (Å²) < 4.78 is 11.1. The molecular weight excluding hydrogens is 296 g/mol. The van der Waals surface area contributed by atoms with Gasteiger partial charge in [-0.1, -0.05) is 20.8 Å². The molecule has 126 valence electrons. The van der Waals surface area contributed by atoms with E-state index in [2.05, 4.69) is 10.6 Å². The number of carbonyl (C=O) groups excluding carboxylic acids is 2. The molecule has 23 heavy (non-hydrogen) atoms. The molecule has 1 aliphatic heterocycles. The number of anilines is 1. The van der Waals surface area contributed by atoms with Crippen molar-refractivity contribution < 1.29 is 19.1 Å². The lowest BCUT2D eigenvalue weighted by Crippen LogP contribution is -2.46. The van der Waals surface area contributed by atoms with Gasteiger partial charge < -0.3 is 20.1 Å². The van der Waals surface area contributed by atoms with E-state index in [1.807, 2.05) is 0 Å². The lowest BCUT2D eigenvalue weighted by atomic mass is 9.95. The number of rotatable bonds is 3. The van der Waals surface area contributed by atoms with E-state index in [-0.39, 0.29) is 11.8 Å². The standard InChI is InChI=1S/C17H24N2O4/c1-11(18-16(21)17(2,3)4)15(20)19-12-6-7-13-14(10-12)23-9-5-8-22-13/h6-7,10-11H,5,8-9H2,1-4H3,(H,18,21)(H,19,20)/t11-/m1/s1. The minimum Gasteiger partial charge on any atom is -0.490 e. The number of hydrogen-bond donors (Lipinski definition) is 2. The molecule has 0 unspecified atom stereocenters. The van der Waals surface area contributed by atoms with E-state index >= 15 is 0 Å². The molecule has 0 spiro atoms. The van der Waals surface area contributed by atoms with E-state index in [0.717, 1.165) is 6.42 Å². The maximum atomic E-state index is 12.2. The predicted molar refractivity (Wildman–Crippen MR) is 87.7 cm³/mol. The number of amides is 2. The molecule has 2 rings (SSSR count). The Morgan fingerprint density at radius 2 is 1.78 bits per heavy atom. The van der Waals surface area contributed by atoms with Crippen LogP contribution in [0.4, 0.5) is 5.69 Å². The summed E-state index contributed by atoms with van der Waals surface area (Å²) in [5.41, 5.74) is 0.0696. The van der Waals surface area contributed by atoms with E-state index in [1.165, 1.54) is 0 Å². The molecule has 0 fully saturated rings. The van der Waals surface area contributed by atoms with Crippen molar-refractivity contribution in [2.24, 2.45) is 5.41 Å².